The highest BCUT2D eigenvalue weighted by atomic mass is 16.3. The van der Waals surface area contributed by atoms with Gasteiger partial charge in [0.15, 0.2) is 0 Å². The minimum atomic E-state index is -0.244. The molecule has 1 amide bonds. The van der Waals surface area contributed by atoms with E-state index in [1.807, 2.05) is 24.3 Å². The molecule has 1 aromatic carbocycles. The Bertz CT molecular complexity index is 750. The van der Waals surface area contributed by atoms with Gasteiger partial charge in [0.25, 0.3) is 5.91 Å². The summed E-state index contributed by atoms with van der Waals surface area (Å²) >= 11 is 0. The first-order chi connectivity index (χ1) is 12.2. The second-order valence-corrected chi connectivity index (χ2v) is 6.43. The van der Waals surface area contributed by atoms with E-state index < -0.39 is 0 Å². The van der Waals surface area contributed by atoms with Crippen molar-refractivity contribution >= 4 is 5.91 Å². The van der Waals surface area contributed by atoms with E-state index in [4.69, 9.17) is 5.26 Å². The van der Waals surface area contributed by atoms with E-state index in [2.05, 4.69) is 27.3 Å². The summed E-state index contributed by atoms with van der Waals surface area (Å²) in [5, 5.41) is 21.5. The van der Waals surface area contributed by atoms with Crippen molar-refractivity contribution in [2.75, 3.05) is 19.7 Å². The summed E-state index contributed by atoms with van der Waals surface area (Å²) in [5.41, 5.74) is 1.96. The minimum absolute atomic E-state index is 0.0429. The molecule has 6 heteroatoms. The quantitative estimate of drug-likeness (QED) is 0.770. The van der Waals surface area contributed by atoms with Gasteiger partial charge in [-0.3, -0.25) is 9.69 Å². The lowest BCUT2D eigenvalue weighted by Crippen LogP contribution is -2.53. The molecule has 1 aliphatic heterocycles. The van der Waals surface area contributed by atoms with Crippen LogP contribution in [0, 0.1) is 17.2 Å². The zero-order valence-electron chi connectivity index (χ0n) is 14.0. The molecule has 2 atom stereocenters. The molecule has 2 heterocycles. The average Bonchev–Trinajstić information content (AvgIpc) is 3.12. The molecule has 1 saturated heterocycles. The summed E-state index contributed by atoms with van der Waals surface area (Å²) < 4.78 is 0. The van der Waals surface area contributed by atoms with Gasteiger partial charge < -0.3 is 15.4 Å². The molecule has 25 heavy (non-hydrogen) atoms. The number of carbonyl (C=O) groups excluding carboxylic acids is 1. The fourth-order valence-corrected chi connectivity index (χ4v) is 3.27. The van der Waals surface area contributed by atoms with E-state index in [-0.39, 0.29) is 24.5 Å². The fraction of sp³-hybridized carbons (Fsp3) is 0.368. The van der Waals surface area contributed by atoms with Crippen molar-refractivity contribution in [1.29, 1.82) is 5.26 Å². The first-order valence-corrected chi connectivity index (χ1v) is 8.46. The Kier molecular flexibility index (Phi) is 5.49. The van der Waals surface area contributed by atoms with Crippen molar-refractivity contribution in [2.24, 2.45) is 5.92 Å². The van der Waals surface area contributed by atoms with Crippen LogP contribution in [0.4, 0.5) is 0 Å². The van der Waals surface area contributed by atoms with E-state index in [0.29, 0.717) is 17.9 Å². The number of hydrogen-bond donors (Lipinski definition) is 3. The first kappa shape index (κ1) is 17.2. The highest BCUT2D eigenvalue weighted by Crippen LogP contribution is 2.20. The summed E-state index contributed by atoms with van der Waals surface area (Å²) in [7, 11) is 0. The van der Waals surface area contributed by atoms with Gasteiger partial charge in [0, 0.05) is 31.7 Å². The molecular formula is C19H22N4O2. The molecular weight excluding hydrogens is 316 g/mol. The van der Waals surface area contributed by atoms with Crippen molar-refractivity contribution in [1.82, 2.24) is 15.2 Å². The Morgan fingerprint density at radius 1 is 1.32 bits per heavy atom. The topological polar surface area (TPSA) is 92.2 Å². The third-order valence-corrected chi connectivity index (χ3v) is 4.69. The zero-order valence-corrected chi connectivity index (χ0v) is 14.0. The van der Waals surface area contributed by atoms with Crippen LogP contribution in [0.3, 0.4) is 0 Å². The number of nitriles is 1. The monoisotopic (exact) mass is 338 g/mol. The second kappa shape index (κ2) is 7.97. The number of nitrogens with one attached hydrogen (secondary N) is 2. The van der Waals surface area contributed by atoms with Gasteiger partial charge in [-0.05, 0) is 30.7 Å². The largest absolute Gasteiger partial charge is 0.396 e. The molecule has 1 fully saturated rings. The van der Waals surface area contributed by atoms with Gasteiger partial charge in [0.05, 0.1) is 0 Å². The minimum Gasteiger partial charge on any atom is -0.396 e. The second-order valence-electron chi connectivity index (χ2n) is 6.43. The van der Waals surface area contributed by atoms with Crippen molar-refractivity contribution in [3.8, 4) is 6.07 Å². The van der Waals surface area contributed by atoms with E-state index in [0.717, 1.165) is 19.5 Å². The molecule has 0 radical (unpaired) electrons. The number of H-pyrrole nitrogens is 1. The van der Waals surface area contributed by atoms with Gasteiger partial charge in [0.1, 0.15) is 17.5 Å². The Labute approximate surface area is 147 Å². The standard InChI is InChI=1S/C19H22N4O2/c20-10-16-6-7-17(21-16)19(25)22-18-12-23(9-8-15(18)13-24)11-14-4-2-1-3-5-14/h1-7,15,18,21,24H,8-9,11-13H2,(H,22,25). The number of rotatable bonds is 5. The lowest BCUT2D eigenvalue weighted by atomic mass is 9.91. The van der Waals surface area contributed by atoms with Gasteiger partial charge in [-0.1, -0.05) is 30.3 Å². The number of benzene rings is 1. The number of aliphatic hydroxyl groups is 1. The zero-order chi connectivity index (χ0) is 17.6. The number of piperidine rings is 1. The van der Waals surface area contributed by atoms with Crippen LogP contribution in [0.1, 0.15) is 28.2 Å². The van der Waals surface area contributed by atoms with Gasteiger partial charge in [0.2, 0.25) is 0 Å². The third kappa shape index (κ3) is 4.27. The van der Waals surface area contributed by atoms with Crippen LogP contribution in [0.2, 0.25) is 0 Å². The number of hydrogen-bond acceptors (Lipinski definition) is 4. The van der Waals surface area contributed by atoms with Gasteiger partial charge in [-0.15, -0.1) is 0 Å². The molecule has 2 unspecified atom stereocenters. The first-order valence-electron chi connectivity index (χ1n) is 8.46. The molecule has 0 aliphatic carbocycles. The predicted octanol–water partition coefficient (Wildman–Crippen LogP) is 1.50. The maximum Gasteiger partial charge on any atom is 0.267 e. The highest BCUT2D eigenvalue weighted by molar-refractivity contribution is 5.92. The Hall–Kier alpha value is -2.62. The predicted molar refractivity (Wildman–Crippen MR) is 93.7 cm³/mol. The highest BCUT2D eigenvalue weighted by Gasteiger charge is 2.30. The smallest absolute Gasteiger partial charge is 0.267 e. The van der Waals surface area contributed by atoms with Gasteiger partial charge >= 0.3 is 0 Å². The molecule has 1 aromatic heterocycles. The van der Waals surface area contributed by atoms with Crippen molar-refractivity contribution in [2.45, 2.75) is 19.0 Å². The van der Waals surface area contributed by atoms with Gasteiger partial charge in [-0.2, -0.15) is 5.26 Å². The lowest BCUT2D eigenvalue weighted by molar-refractivity contribution is 0.0727. The van der Waals surface area contributed by atoms with E-state index in [1.165, 1.54) is 5.56 Å². The SMILES string of the molecule is N#Cc1ccc(C(=O)NC2CN(Cc3ccccc3)CCC2CO)[nH]1. The molecule has 0 bridgehead atoms. The number of aromatic amines is 1. The number of aromatic nitrogens is 1. The summed E-state index contributed by atoms with van der Waals surface area (Å²) in [4.78, 5) is 17.5. The Balaban J connectivity index is 1.64. The average molecular weight is 338 g/mol. The van der Waals surface area contributed by atoms with Crippen LogP contribution < -0.4 is 5.32 Å². The van der Waals surface area contributed by atoms with Crippen LogP contribution in [0.15, 0.2) is 42.5 Å². The van der Waals surface area contributed by atoms with E-state index in [9.17, 15) is 9.90 Å². The fourth-order valence-electron chi connectivity index (χ4n) is 3.27. The van der Waals surface area contributed by atoms with Crippen LogP contribution in [-0.2, 0) is 6.54 Å². The van der Waals surface area contributed by atoms with Gasteiger partial charge in [-0.25, -0.2) is 0 Å². The normalized spacial score (nSPS) is 20.8. The third-order valence-electron chi connectivity index (χ3n) is 4.69. The number of aliphatic hydroxyl groups excluding tert-OH is 1. The van der Waals surface area contributed by atoms with Crippen LogP contribution in [0.25, 0.3) is 0 Å². The molecule has 0 spiro atoms. The van der Waals surface area contributed by atoms with Crippen LogP contribution in [-0.4, -0.2) is 46.6 Å². The van der Waals surface area contributed by atoms with Crippen LogP contribution >= 0.6 is 0 Å². The van der Waals surface area contributed by atoms with E-state index in [1.54, 1.807) is 12.1 Å². The van der Waals surface area contributed by atoms with Crippen molar-refractivity contribution in [3.63, 3.8) is 0 Å². The maximum absolute atomic E-state index is 12.4. The maximum atomic E-state index is 12.4. The molecule has 130 valence electrons. The molecule has 1 aliphatic rings. The number of carbonyl (C=O) groups is 1. The summed E-state index contributed by atoms with van der Waals surface area (Å²) in [6.07, 6.45) is 0.836. The summed E-state index contributed by atoms with van der Waals surface area (Å²) in [5.74, 6) is -0.201. The molecule has 2 aromatic rings. The number of amides is 1. The molecule has 3 N–H and O–H groups in total. The Morgan fingerprint density at radius 3 is 2.80 bits per heavy atom. The number of nitrogens with zero attached hydrogens (tertiary/aromatic N) is 2. The van der Waals surface area contributed by atoms with Crippen LogP contribution in [0.5, 0.6) is 0 Å². The summed E-state index contributed by atoms with van der Waals surface area (Å²) in [6.45, 7) is 2.47. The summed E-state index contributed by atoms with van der Waals surface area (Å²) in [6, 6.07) is 15.3. The molecule has 6 nitrogen and oxygen atoms in total. The molecule has 0 saturated carbocycles. The molecule has 3 rings (SSSR count). The lowest BCUT2D eigenvalue weighted by Gasteiger charge is -2.38. The number of likely N-dealkylation sites (tertiary alicyclic amines) is 1. The Morgan fingerprint density at radius 2 is 2.12 bits per heavy atom. The van der Waals surface area contributed by atoms with Crippen molar-refractivity contribution in [3.05, 3.63) is 59.4 Å². The van der Waals surface area contributed by atoms with Crippen molar-refractivity contribution < 1.29 is 9.90 Å². The van der Waals surface area contributed by atoms with E-state index >= 15 is 0 Å².